The van der Waals surface area contributed by atoms with Crippen LogP contribution in [0.4, 0.5) is 4.39 Å². The number of nitrogens with one attached hydrogen (secondary N) is 1. The molecule has 0 amide bonds. The Bertz CT molecular complexity index is 508. The summed E-state index contributed by atoms with van der Waals surface area (Å²) < 4.78 is 44.9. The highest BCUT2D eigenvalue weighted by Crippen LogP contribution is 2.19. The number of halogens is 2. The summed E-state index contributed by atoms with van der Waals surface area (Å²) in [5.74, 6) is -0.603. The van der Waals surface area contributed by atoms with Crippen LogP contribution >= 0.6 is 15.9 Å². The molecule has 0 fully saturated rings. The summed E-state index contributed by atoms with van der Waals surface area (Å²) in [6.07, 6.45) is 1.52. The van der Waals surface area contributed by atoms with Crippen LogP contribution in [-0.2, 0) is 14.8 Å². The van der Waals surface area contributed by atoms with Gasteiger partial charge in [0.15, 0.2) is 0 Å². The fraction of sp³-hybridized carbons (Fsp3) is 0.500. The van der Waals surface area contributed by atoms with Crippen molar-refractivity contribution in [2.24, 2.45) is 0 Å². The fourth-order valence-electron chi connectivity index (χ4n) is 1.35. The van der Waals surface area contributed by atoms with Gasteiger partial charge in [0.25, 0.3) is 0 Å². The lowest BCUT2D eigenvalue weighted by molar-refractivity contribution is 0.133. The quantitative estimate of drug-likeness (QED) is 0.731. The van der Waals surface area contributed by atoms with Crippen molar-refractivity contribution >= 4 is 26.0 Å². The van der Waals surface area contributed by atoms with E-state index in [2.05, 4.69) is 20.7 Å². The van der Waals surface area contributed by atoms with Gasteiger partial charge in [0.2, 0.25) is 10.0 Å². The lowest BCUT2D eigenvalue weighted by atomic mass is 10.3. The molecule has 0 aromatic heterocycles. The van der Waals surface area contributed by atoms with Crippen LogP contribution in [0.25, 0.3) is 0 Å². The van der Waals surface area contributed by atoms with Crippen molar-refractivity contribution < 1.29 is 17.5 Å². The number of hydrogen-bond donors (Lipinski definition) is 1. The molecule has 0 atom stereocenters. The largest absolute Gasteiger partial charge is 0.381 e. The molecule has 0 unspecified atom stereocenters. The van der Waals surface area contributed by atoms with Gasteiger partial charge in [-0.05, 0) is 47.0 Å². The first kappa shape index (κ1) is 16.6. The Morgan fingerprint density at radius 3 is 2.74 bits per heavy atom. The SMILES string of the molecule is CCCOCCCNS(=O)(=O)c1ccc(Br)c(F)c1. The van der Waals surface area contributed by atoms with Gasteiger partial charge in [0.1, 0.15) is 5.82 Å². The Morgan fingerprint density at radius 1 is 1.37 bits per heavy atom. The van der Waals surface area contributed by atoms with E-state index in [4.69, 9.17) is 4.74 Å². The molecule has 1 aromatic rings. The molecule has 0 aliphatic carbocycles. The van der Waals surface area contributed by atoms with Crippen LogP contribution in [-0.4, -0.2) is 28.2 Å². The molecular weight excluding hydrogens is 337 g/mol. The molecule has 19 heavy (non-hydrogen) atoms. The monoisotopic (exact) mass is 353 g/mol. The van der Waals surface area contributed by atoms with Gasteiger partial charge < -0.3 is 4.74 Å². The molecule has 1 aromatic carbocycles. The van der Waals surface area contributed by atoms with Crippen LogP contribution in [0.15, 0.2) is 27.6 Å². The van der Waals surface area contributed by atoms with Crippen molar-refractivity contribution in [1.29, 1.82) is 0 Å². The topological polar surface area (TPSA) is 55.4 Å². The van der Waals surface area contributed by atoms with Crippen molar-refractivity contribution in [3.8, 4) is 0 Å². The molecule has 0 saturated carbocycles. The van der Waals surface area contributed by atoms with Crippen molar-refractivity contribution in [2.45, 2.75) is 24.7 Å². The van der Waals surface area contributed by atoms with E-state index >= 15 is 0 Å². The van der Waals surface area contributed by atoms with E-state index in [0.29, 0.717) is 19.6 Å². The average molecular weight is 354 g/mol. The number of sulfonamides is 1. The highest BCUT2D eigenvalue weighted by Gasteiger charge is 2.14. The molecule has 7 heteroatoms. The first-order chi connectivity index (χ1) is 8.97. The van der Waals surface area contributed by atoms with Gasteiger partial charge in [-0.1, -0.05) is 6.92 Å². The second kappa shape index (κ2) is 7.94. The fourth-order valence-corrected chi connectivity index (χ4v) is 2.69. The zero-order valence-corrected chi connectivity index (χ0v) is 13.1. The van der Waals surface area contributed by atoms with Crippen LogP contribution in [0, 0.1) is 5.82 Å². The van der Waals surface area contributed by atoms with Crippen molar-refractivity contribution in [1.82, 2.24) is 4.72 Å². The minimum atomic E-state index is -3.66. The predicted molar refractivity (Wildman–Crippen MR) is 75.0 cm³/mol. The van der Waals surface area contributed by atoms with Crippen LogP contribution in [0.1, 0.15) is 19.8 Å². The smallest absolute Gasteiger partial charge is 0.240 e. The van der Waals surface area contributed by atoms with E-state index < -0.39 is 15.8 Å². The van der Waals surface area contributed by atoms with Gasteiger partial charge in [0, 0.05) is 19.8 Å². The summed E-state index contributed by atoms with van der Waals surface area (Å²) >= 11 is 2.98. The zero-order valence-electron chi connectivity index (χ0n) is 10.7. The average Bonchev–Trinajstić information content (AvgIpc) is 2.36. The summed E-state index contributed by atoms with van der Waals surface area (Å²) in [6.45, 7) is 3.45. The van der Waals surface area contributed by atoms with Crippen molar-refractivity contribution in [3.63, 3.8) is 0 Å². The van der Waals surface area contributed by atoms with Gasteiger partial charge in [0.05, 0.1) is 9.37 Å². The minimum Gasteiger partial charge on any atom is -0.381 e. The summed E-state index contributed by atoms with van der Waals surface area (Å²) in [7, 11) is -3.66. The first-order valence-electron chi connectivity index (χ1n) is 6.00. The summed E-state index contributed by atoms with van der Waals surface area (Å²) in [5.41, 5.74) is 0. The molecule has 108 valence electrons. The summed E-state index contributed by atoms with van der Waals surface area (Å²) in [5, 5.41) is 0. The van der Waals surface area contributed by atoms with Gasteiger partial charge in [-0.25, -0.2) is 17.5 Å². The predicted octanol–water partition coefficient (Wildman–Crippen LogP) is 2.68. The number of hydrogen-bond acceptors (Lipinski definition) is 3. The summed E-state index contributed by atoms with van der Waals surface area (Å²) in [4.78, 5) is -0.0809. The normalized spacial score (nSPS) is 11.7. The molecular formula is C12H17BrFNO3S. The van der Waals surface area contributed by atoms with Gasteiger partial charge in [-0.3, -0.25) is 0 Å². The Hall–Kier alpha value is -0.500. The van der Waals surface area contributed by atoms with E-state index in [1.807, 2.05) is 6.92 Å². The second-order valence-corrected chi connectivity index (χ2v) is 6.56. The highest BCUT2D eigenvalue weighted by molar-refractivity contribution is 9.10. The van der Waals surface area contributed by atoms with Gasteiger partial charge in [-0.2, -0.15) is 0 Å². The maximum absolute atomic E-state index is 13.3. The van der Waals surface area contributed by atoms with Crippen molar-refractivity contribution in [2.75, 3.05) is 19.8 Å². The Kier molecular flexibility index (Phi) is 6.92. The third-order valence-corrected chi connectivity index (χ3v) is 4.41. The standard InChI is InChI=1S/C12H17BrFNO3S/c1-2-7-18-8-3-6-15-19(16,17)10-4-5-11(13)12(14)9-10/h4-5,9,15H,2-3,6-8H2,1H3. The maximum Gasteiger partial charge on any atom is 0.240 e. The van der Waals surface area contributed by atoms with E-state index in [-0.39, 0.29) is 15.9 Å². The lowest BCUT2D eigenvalue weighted by Crippen LogP contribution is -2.25. The molecule has 0 bridgehead atoms. The van der Waals surface area contributed by atoms with Crippen LogP contribution in [0.2, 0.25) is 0 Å². The molecule has 0 heterocycles. The Morgan fingerprint density at radius 2 is 2.11 bits per heavy atom. The molecule has 1 N–H and O–H groups in total. The van der Waals surface area contributed by atoms with Crippen molar-refractivity contribution in [3.05, 3.63) is 28.5 Å². The Balaban J connectivity index is 2.49. The third kappa shape index (κ3) is 5.56. The van der Waals surface area contributed by atoms with Crippen LogP contribution < -0.4 is 4.72 Å². The first-order valence-corrected chi connectivity index (χ1v) is 8.27. The number of ether oxygens (including phenoxy) is 1. The van der Waals surface area contributed by atoms with E-state index in [1.54, 1.807) is 0 Å². The number of rotatable bonds is 8. The summed E-state index contributed by atoms with van der Waals surface area (Å²) in [6, 6.07) is 3.71. The maximum atomic E-state index is 13.3. The highest BCUT2D eigenvalue weighted by atomic mass is 79.9. The van der Waals surface area contributed by atoms with Crippen LogP contribution in [0.5, 0.6) is 0 Å². The van der Waals surface area contributed by atoms with E-state index in [1.165, 1.54) is 12.1 Å². The molecule has 0 saturated heterocycles. The molecule has 4 nitrogen and oxygen atoms in total. The van der Waals surface area contributed by atoms with Crippen LogP contribution in [0.3, 0.4) is 0 Å². The molecule has 0 spiro atoms. The van der Waals surface area contributed by atoms with E-state index in [9.17, 15) is 12.8 Å². The number of benzene rings is 1. The molecule has 0 aliphatic rings. The van der Waals surface area contributed by atoms with Gasteiger partial charge in [-0.15, -0.1) is 0 Å². The minimum absolute atomic E-state index is 0.0809. The van der Waals surface area contributed by atoms with E-state index in [0.717, 1.165) is 12.5 Å². The molecule has 0 aliphatic heterocycles. The Labute approximate surface area is 121 Å². The second-order valence-electron chi connectivity index (χ2n) is 3.94. The molecule has 0 radical (unpaired) electrons. The third-order valence-electron chi connectivity index (χ3n) is 2.31. The lowest BCUT2D eigenvalue weighted by Gasteiger charge is -2.07. The molecule has 1 rings (SSSR count). The van der Waals surface area contributed by atoms with Gasteiger partial charge >= 0.3 is 0 Å². The zero-order chi connectivity index (χ0) is 14.3.